The number of methoxy groups -OCH3 is 1. The normalized spacial score (nSPS) is 13.4. The highest BCUT2D eigenvalue weighted by Gasteiger charge is 2.18. The fourth-order valence-corrected chi connectivity index (χ4v) is 4.67. The molecule has 2 heterocycles. The maximum atomic E-state index is 12.2. The number of esters is 2. The summed E-state index contributed by atoms with van der Waals surface area (Å²) >= 11 is 2.66. The van der Waals surface area contributed by atoms with Crippen LogP contribution in [0.3, 0.4) is 0 Å². The lowest BCUT2D eigenvalue weighted by molar-refractivity contribution is -0.139. The number of amides is 1. The molecule has 0 aromatic carbocycles. The number of hydrogen-bond acceptors (Lipinski definition) is 8. The number of carbonyl (C=O) groups excluding carboxylic acids is 3. The van der Waals surface area contributed by atoms with Crippen molar-refractivity contribution in [1.29, 1.82) is 0 Å². The highest BCUT2D eigenvalue weighted by molar-refractivity contribution is 7.14. The Morgan fingerprint density at radius 3 is 2.85 bits per heavy atom. The van der Waals surface area contributed by atoms with Gasteiger partial charge in [0.1, 0.15) is 4.88 Å². The monoisotopic (exact) mass is 408 g/mol. The molecule has 0 radical (unpaired) electrons. The number of thiophene rings is 1. The topological polar surface area (TPSA) is 94.6 Å². The molecule has 2 aromatic heterocycles. The van der Waals surface area contributed by atoms with E-state index in [0.717, 1.165) is 25.7 Å². The largest absolute Gasteiger partial charge is 0.469 e. The van der Waals surface area contributed by atoms with Crippen LogP contribution in [0.25, 0.3) is 0 Å². The number of nitrogens with one attached hydrogen (secondary N) is 1. The Bertz CT molecular complexity index is 819. The van der Waals surface area contributed by atoms with Crippen molar-refractivity contribution in [3.05, 3.63) is 32.5 Å². The van der Waals surface area contributed by atoms with E-state index in [0.29, 0.717) is 15.7 Å². The second kappa shape index (κ2) is 9.09. The molecule has 1 amide bonds. The molecular weight excluding hydrogens is 388 g/mol. The van der Waals surface area contributed by atoms with Crippen LogP contribution in [0.5, 0.6) is 0 Å². The van der Waals surface area contributed by atoms with Gasteiger partial charge in [0.25, 0.3) is 5.91 Å². The predicted molar refractivity (Wildman–Crippen MR) is 102 cm³/mol. The Kier molecular flexibility index (Phi) is 6.57. The molecule has 1 aliphatic carbocycles. The number of carbonyl (C=O) groups is 3. The lowest BCUT2D eigenvalue weighted by atomic mass is 10.1. The number of rotatable bonds is 6. The van der Waals surface area contributed by atoms with Gasteiger partial charge in [-0.25, -0.2) is 9.78 Å². The van der Waals surface area contributed by atoms with Gasteiger partial charge in [0.05, 0.1) is 19.2 Å². The molecule has 2 aromatic rings. The zero-order valence-corrected chi connectivity index (χ0v) is 16.5. The number of thiazole rings is 1. The van der Waals surface area contributed by atoms with Crippen LogP contribution in [0.15, 0.2) is 11.4 Å². The fraction of sp³-hybridized carbons (Fsp3) is 0.444. The Balaban J connectivity index is 1.49. The summed E-state index contributed by atoms with van der Waals surface area (Å²) in [6, 6.07) is 1.89. The number of anilines is 1. The van der Waals surface area contributed by atoms with Gasteiger partial charge in [-0.15, -0.1) is 22.7 Å². The molecule has 144 valence electrons. The Morgan fingerprint density at radius 2 is 2.04 bits per heavy atom. The lowest BCUT2D eigenvalue weighted by Gasteiger charge is -2.03. The van der Waals surface area contributed by atoms with Crippen molar-refractivity contribution in [3.8, 4) is 0 Å². The number of aromatic nitrogens is 1. The molecule has 3 rings (SSSR count). The Hall–Kier alpha value is -2.26. The van der Waals surface area contributed by atoms with Crippen molar-refractivity contribution in [2.24, 2.45) is 0 Å². The van der Waals surface area contributed by atoms with Crippen LogP contribution in [0.2, 0.25) is 0 Å². The van der Waals surface area contributed by atoms with E-state index >= 15 is 0 Å². The molecule has 0 atom stereocenters. The molecule has 0 spiro atoms. The third kappa shape index (κ3) is 5.36. The Morgan fingerprint density at radius 1 is 1.22 bits per heavy atom. The summed E-state index contributed by atoms with van der Waals surface area (Å²) in [5, 5.41) is 4.57. The van der Waals surface area contributed by atoms with E-state index in [2.05, 4.69) is 15.0 Å². The van der Waals surface area contributed by atoms with Crippen molar-refractivity contribution >= 4 is 45.7 Å². The first-order chi connectivity index (χ1) is 13.0. The van der Waals surface area contributed by atoms with Crippen molar-refractivity contribution in [2.45, 2.75) is 38.5 Å². The summed E-state index contributed by atoms with van der Waals surface area (Å²) in [5.41, 5.74) is 1.74. The van der Waals surface area contributed by atoms with Crippen LogP contribution >= 0.6 is 22.7 Å². The lowest BCUT2D eigenvalue weighted by Crippen LogP contribution is -2.20. The van der Waals surface area contributed by atoms with Crippen LogP contribution < -0.4 is 5.32 Å². The summed E-state index contributed by atoms with van der Waals surface area (Å²) in [7, 11) is 1.30. The van der Waals surface area contributed by atoms with Crippen molar-refractivity contribution in [3.63, 3.8) is 0 Å². The van der Waals surface area contributed by atoms with Crippen molar-refractivity contribution in [2.75, 3.05) is 19.0 Å². The van der Waals surface area contributed by atoms with E-state index < -0.39 is 17.8 Å². The van der Waals surface area contributed by atoms with Gasteiger partial charge in [-0.1, -0.05) is 6.42 Å². The van der Waals surface area contributed by atoms with Crippen LogP contribution in [0, 0.1) is 0 Å². The number of hydrogen-bond donors (Lipinski definition) is 1. The van der Waals surface area contributed by atoms with Gasteiger partial charge in [-0.05, 0) is 37.3 Å². The molecule has 0 unspecified atom stereocenters. The standard InChI is InChI=1S/C18H20N2O5S2/c1-24-16(22)8-12-10-26-18(19-12)20-15(21)9-25-17(23)14-7-11-5-3-2-4-6-13(11)27-14/h7,10H,2-6,8-9H2,1H3,(H,19,20,21). The zero-order chi connectivity index (χ0) is 19.2. The van der Waals surface area contributed by atoms with Crippen molar-refractivity contribution in [1.82, 2.24) is 4.98 Å². The Labute approximate surface area is 164 Å². The van der Waals surface area contributed by atoms with Gasteiger partial charge in [-0.2, -0.15) is 0 Å². The number of fused-ring (bicyclic) bond motifs is 1. The molecule has 0 aliphatic heterocycles. The second-order valence-electron chi connectivity index (χ2n) is 6.14. The summed E-state index contributed by atoms with van der Waals surface area (Å²) in [6.45, 7) is -0.382. The van der Waals surface area contributed by atoms with Gasteiger partial charge in [-0.3, -0.25) is 14.9 Å². The molecular formula is C18H20N2O5S2. The molecule has 0 saturated heterocycles. The minimum atomic E-state index is -0.478. The average molecular weight is 409 g/mol. The van der Waals surface area contributed by atoms with E-state index in [1.807, 2.05) is 6.07 Å². The van der Waals surface area contributed by atoms with Crippen molar-refractivity contribution < 1.29 is 23.9 Å². The third-order valence-corrected chi connectivity index (χ3v) is 6.16. The fourth-order valence-electron chi connectivity index (χ4n) is 2.79. The first-order valence-corrected chi connectivity index (χ1v) is 10.3. The van der Waals surface area contributed by atoms with E-state index in [4.69, 9.17) is 4.74 Å². The minimum absolute atomic E-state index is 0.0426. The highest BCUT2D eigenvalue weighted by atomic mass is 32.1. The zero-order valence-electron chi connectivity index (χ0n) is 14.9. The molecule has 0 saturated carbocycles. The summed E-state index contributed by atoms with van der Waals surface area (Å²) < 4.78 is 9.69. The average Bonchev–Trinajstić information content (AvgIpc) is 3.20. The van der Waals surface area contributed by atoms with Gasteiger partial charge < -0.3 is 9.47 Å². The van der Waals surface area contributed by atoms with Crippen LogP contribution in [-0.2, 0) is 38.3 Å². The maximum absolute atomic E-state index is 12.2. The first-order valence-electron chi connectivity index (χ1n) is 8.65. The van der Waals surface area contributed by atoms with E-state index in [1.165, 1.54) is 46.6 Å². The molecule has 1 N–H and O–H groups in total. The quantitative estimate of drug-likeness (QED) is 0.583. The molecule has 1 aliphatic rings. The number of ether oxygens (including phenoxy) is 2. The minimum Gasteiger partial charge on any atom is -0.469 e. The molecule has 7 nitrogen and oxygen atoms in total. The molecule has 27 heavy (non-hydrogen) atoms. The summed E-state index contributed by atoms with van der Waals surface area (Å²) in [6.07, 6.45) is 5.56. The van der Waals surface area contributed by atoms with E-state index in [9.17, 15) is 14.4 Å². The molecule has 0 fully saturated rings. The van der Waals surface area contributed by atoms with Crippen LogP contribution in [0.4, 0.5) is 5.13 Å². The first kappa shape index (κ1) is 19.5. The van der Waals surface area contributed by atoms with Gasteiger partial charge in [0, 0.05) is 10.3 Å². The van der Waals surface area contributed by atoms with Gasteiger partial charge in [0.2, 0.25) is 0 Å². The maximum Gasteiger partial charge on any atom is 0.348 e. The second-order valence-corrected chi connectivity index (χ2v) is 8.14. The van der Waals surface area contributed by atoms with E-state index in [1.54, 1.807) is 5.38 Å². The van der Waals surface area contributed by atoms with E-state index in [-0.39, 0.29) is 13.0 Å². The van der Waals surface area contributed by atoms with Crippen LogP contribution in [-0.4, -0.2) is 36.5 Å². The predicted octanol–water partition coefficient (Wildman–Crippen LogP) is 2.98. The molecule has 0 bridgehead atoms. The third-order valence-electron chi connectivity index (χ3n) is 4.13. The smallest absolute Gasteiger partial charge is 0.348 e. The van der Waals surface area contributed by atoms with Crippen LogP contribution in [0.1, 0.15) is 45.1 Å². The highest BCUT2D eigenvalue weighted by Crippen LogP contribution is 2.29. The van der Waals surface area contributed by atoms with Gasteiger partial charge >= 0.3 is 11.9 Å². The van der Waals surface area contributed by atoms with Gasteiger partial charge in [0.15, 0.2) is 11.7 Å². The number of nitrogens with zero attached hydrogens (tertiary/aromatic N) is 1. The number of aryl methyl sites for hydroxylation is 2. The summed E-state index contributed by atoms with van der Waals surface area (Å²) in [4.78, 5) is 41.3. The molecule has 9 heteroatoms. The SMILES string of the molecule is COC(=O)Cc1csc(NC(=O)COC(=O)c2cc3c(s2)CCCCC3)n1. The summed E-state index contributed by atoms with van der Waals surface area (Å²) in [5.74, 6) is -1.35.